The summed E-state index contributed by atoms with van der Waals surface area (Å²) in [5.74, 6) is 0. The van der Waals surface area contributed by atoms with Gasteiger partial charge in [0.05, 0.1) is 6.20 Å². The predicted octanol–water partition coefficient (Wildman–Crippen LogP) is 0.529. The number of hydrogen-bond acceptors (Lipinski definition) is 2. The first kappa shape index (κ1) is 4.49. The molecule has 3 heteroatoms. The summed E-state index contributed by atoms with van der Waals surface area (Å²) in [6.07, 6.45) is 6.80. The van der Waals surface area contributed by atoms with E-state index in [1.54, 1.807) is 29.3 Å². The van der Waals surface area contributed by atoms with Crippen LogP contribution in [0.15, 0.2) is 24.9 Å². The maximum absolute atomic E-state index is 3.99. The van der Waals surface area contributed by atoms with E-state index in [1.807, 2.05) is 0 Å². The van der Waals surface area contributed by atoms with Gasteiger partial charge in [0.1, 0.15) is 6.33 Å². The first-order valence-corrected chi connectivity index (χ1v) is 2.60. The summed E-state index contributed by atoms with van der Waals surface area (Å²) in [5, 5.41) is 0. The van der Waals surface area contributed by atoms with E-state index in [4.69, 9.17) is 0 Å². The highest BCUT2D eigenvalue weighted by Crippen LogP contribution is 1.92. The highest BCUT2D eigenvalue weighted by molar-refractivity contribution is 5.32. The summed E-state index contributed by atoms with van der Waals surface area (Å²) in [6, 6.07) is 2.83. The molecule has 43 valence electrons. The van der Waals surface area contributed by atoms with Crippen LogP contribution >= 0.6 is 0 Å². The van der Waals surface area contributed by atoms with Gasteiger partial charge < -0.3 is 0 Å². The fourth-order valence-corrected chi connectivity index (χ4v) is 0.714. The highest BCUT2D eigenvalue weighted by Gasteiger charge is 1.87. The Morgan fingerprint density at radius 1 is 1.56 bits per heavy atom. The molecule has 3 nitrogen and oxygen atoms in total. The normalized spacial score (nSPS) is 10.2. The topological polar surface area (TPSA) is 30.2 Å². The quantitative estimate of drug-likeness (QED) is 0.505. The molecule has 0 aromatic carbocycles. The van der Waals surface area contributed by atoms with Crippen molar-refractivity contribution in [3.8, 4) is 0 Å². The first-order chi connectivity index (χ1) is 4.47. The predicted molar refractivity (Wildman–Crippen MR) is 31.8 cm³/mol. The van der Waals surface area contributed by atoms with Crippen molar-refractivity contribution in [2.45, 2.75) is 0 Å². The Hall–Kier alpha value is -1.38. The molecule has 0 amide bonds. The standard InChI is InChI=1S/C6H4N3/c1-2-8-6-4-7-5-9(6)3-1/h2-5H. The third-order valence-corrected chi connectivity index (χ3v) is 1.13. The van der Waals surface area contributed by atoms with Gasteiger partial charge in [-0.05, 0) is 0 Å². The van der Waals surface area contributed by atoms with Crippen LogP contribution in [-0.2, 0) is 0 Å². The lowest BCUT2D eigenvalue weighted by molar-refractivity contribution is 1.11. The van der Waals surface area contributed by atoms with Gasteiger partial charge in [-0.25, -0.2) is 9.97 Å². The molecule has 0 bridgehead atoms. The number of hydrogen-bond donors (Lipinski definition) is 0. The Morgan fingerprint density at radius 3 is 3.44 bits per heavy atom. The van der Waals surface area contributed by atoms with Gasteiger partial charge in [0, 0.05) is 18.5 Å². The van der Waals surface area contributed by atoms with E-state index in [0.717, 1.165) is 5.65 Å². The summed E-state index contributed by atoms with van der Waals surface area (Å²) >= 11 is 0. The monoisotopic (exact) mass is 118 g/mol. The van der Waals surface area contributed by atoms with Crippen LogP contribution in [0, 0.1) is 6.07 Å². The Bertz CT molecular complexity index is 282. The van der Waals surface area contributed by atoms with Crippen molar-refractivity contribution in [3.63, 3.8) is 0 Å². The lowest BCUT2D eigenvalue weighted by Gasteiger charge is -1.85. The van der Waals surface area contributed by atoms with Crippen molar-refractivity contribution < 1.29 is 0 Å². The Labute approximate surface area is 52.0 Å². The fourth-order valence-electron chi connectivity index (χ4n) is 0.714. The molecule has 2 heterocycles. The lowest BCUT2D eigenvalue weighted by Crippen LogP contribution is -1.81. The molecule has 0 aliphatic heterocycles. The molecule has 0 spiro atoms. The Kier molecular flexibility index (Phi) is 0.773. The molecule has 2 aromatic heterocycles. The van der Waals surface area contributed by atoms with Crippen LogP contribution in [0.1, 0.15) is 0 Å². The molecule has 0 atom stereocenters. The second-order valence-electron chi connectivity index (χ2n) is 1.71. The summed E-state index contributed by atoms with van der Waals surface area (Å²) in [7, 11) is 0. The van der Waals surface area contributed by atoms with Gasteiger partial charge in [0.25, 0.3) is 0 Å². The number of rotatable bonds is 0. The third-order valence-electron chi connectivity index (χ3n) is 1.13. The van der Waals surface area contributed by atoms with Crippen molar-refractivity contribution in [2.24, 2.45) is 0 Å². The zero-order chi connectivity index (χ0) is 6.10. The van der Waals surface area contributed by atoms with E-state index >= 15 is 0 Å². The van der Waals surface area contributed by atoms with E-state index in [0.29, 0.717) is 0 Å². The molecule has 0 N–H and O–H groups in total. The maximum Gasteiger partial charge on any atom is 0.156 e. The summed E-state index contributed by atoms with van der Waals surface area (Å²) in [4.78, 5) is 7.87. The smallest absolute Gasteiger partial charge is 0.156 e. The average molecular weight is 118 g/mol. The minimum absolute atomic E-state index is 0.855. The molecule has 0 aliphatic carbocycles. The molecule has 0 fully saturated rings. The molecule has 0 saturated heterocycles. The van der Waals surface area contributed by atoms with Gasteiger partial charge >= 0.3 is 0 Å². The molecule has 2 rings (SSSR count). The Morgan fingerprint density at radius 2 is 2.56 bits per heavy atom. The largest absolute Gasteiger partial charge is 0.290 e. The van der Waals surface area contributed by atoms with Gasteiger partial charge in [0.15, 0.2) is 5.65 Å². The highest BCUT2D eigenvalue weighted by atomic mass is 15.0. The van der Waals surface area contributed by atoms with Crippen molar-refractivity contribution in [1.82, 2.24) is 14.4 Å². The molecule has 2 aromatic rings. The zero-order valence-corrected chi connectivity index (χ0v) is 4.65. The van der Waals surface area contributed by atoms with E-state index in [1.165, 1.54) is 0 Å². The van der Waals surface area contributed by atoms with Gasteiger partial charge in [-0.15, -0.1) is 0 Å². The minimum atomic E-state index is 0.855. The number of nitrogens with zero attached hydrogens (tertiary/aromatic N) is 3. The van der Waals surface area contributed by atoms with Crippen LogP contribution in [0.3, 0.4) is 0 Å². The van der Waals surface area contributed by atoms with Gasteiger partial charge in [-0.2, -0.15) is 0 Å². The third kappa shape index (κ3) is 0.579. The van der Waals surface area contributed by atoms with Crippen molar-refractivity contribution in [2.75, 3.05) is 0 Å². The number of fused-ring (bicyclic) bond motifs is 1. The Balaban J connectivity index is 2.95. The zero-order valence-electron chi connectivity index (χ0n) is 4.65. The maximum atomic E-state index is 3.99. The van der Waals surface area contributed by atoms with Gasteiger partial charge in [0.2, 0.25) is 0 Å². The second kappa shape index (κ2) is 1.55. The van der Waals surface area contributed by atoms with Crippen LogP contribution in [0.25, 0.3) is 5.65 Å². The first-order valence-electron chi connectivity index (χ1n) is 2.60. The van der Waals surface area contributed by atoms with E-state index < -0.39 is 0 Å². The number of aromatic nitrogens is 3. The van der Waals surface area contributed by atoms with Crippen LogP contribution < -0.4 is 0 Å². The molecule has 9 heavy (non-hydrogen) atoms. The van der Waals surface area contributed by atoms with Crippen molar-refractivity contribution >= 4 is 5.65 Å². The lowest BCUT2D eigenvalue weighted by atomic mass is 10.6. The van der Waals surface area contributed by atoms with Crippen LogP contribution in [0.4, 0.5) is 0 Å². The van der Waals surface area contributed by atoms with E-state index in [-0.39, 0.29) is 0 Å². The molecule has 0 unspecified atom stereocenters. The fraction of sp³-hybridized carbons (Fsp3) is 0. The molecule has 0 saturated carbocycles. The van der Waals surface area contributed by atoms with E-state index in [9.17, 15) is 0 Å². The summed E-state index contributed by atoms with van der Waals surface area (Å²) in [5.41, 5.74) is 0.855. The van der Waals surface area contributed by atoms with Crippen molar-refractivity contribution in [1.29, 1.82) is 0 Å². The van der Waals surface area contributed by atoms with Crippen LogP contribution in [0.5, 0.6) is 0 Å². The average Bonchev–Trinajstić information content (AvgIpc) is 2.33. The van der Waals surface area contributed by atoms with Gasteiger partial charge in [-0.3, -0.25) is 4.40 Å². The number of imidazole rings is 1. The molecule has 0 aliphatic rings. The minimum Gasteiger partial charge on any atom is -0.290 e. The van der Waals surface area contributed by atoms with Crippen LogP contribution in [0.2, 0.25) is 0 Å². The van der Waals surface area contributed by atoms with E-state index in [2.05, 4.69) is 16.0 Å². The molecule has 1 radical (unpaired) electrons. The van der Waals surface area contributed by atoms with Gasteiger partial charge in [-0.1, -0.05) is 0 Å². The molecular weight excluding hydrogens is 114 g/mol. The summed E-state index contributed by atoms with van der Waals surface area (Å²) in [6.45, 7) is 0. The van der Waals surface area contributed by atoms with Crippen LogP contribution in [-0.4, -0.2) is 14.4 Å². The SMILES string of the molecule is [c]1cnc2cncn2c1. The van der Waals surface area contributed by atoms with Crippen molar-refractivity contribution in [3.05, 3.63) is 31.0 Å². The molecular formula is C6H4N3. The summed E-state index contributed by atoms with van der Waals surface area (Å²) < 4.78 is 1.81. The second-order valence-corrected chi connectivity index (χ2v) is 1.71.